The van der Waals surface area contributed by atoms with Gasteiger partial charge in [0.05, 0.1) is 12.3 Å². The number of hydrogen-bond acceptors (Lipinski definition) is 5. The first-order valence-corrected chi connectivity index (χ1v) is 10.5. The highest BCUT2D eigenvalue weighted by Crippen LogP contribution is 2.31. The molecular weight excluding hydrogens is 441 g/mol. The Hall–Kier alpha value is -3.43. The molecule has 1 N–H and O–H groups in total. The number of nitrogens with one attached hydrogen (secondary N) is 1. The highest BCUT2D eigenvalue weighted by atomic mass is 19.4. The van der Waals surface area contributed by atoms with Gasteiger partial charge in [-0.3, -0.25) is 4.79 Å². The summed E-state index contributed by atoms with van der Waals surface area (Å²) in [6, 6.07) is 14.1. The van der Waals surface area contributed by atoms with E-state index in [0.29, 0.717) is 36.6 Å². The van der Waals surface area contributed by atoms with Gasteiger partial charge in [-0.15, -0.1) is 0 Å². The Balaban J connectivity index is 1.54. The molecule has 1 heterocycles. The van der Waals surface area contributed by atoms with E-state index < -0.39 is 24.8 Å². The number of para-hydroxylation sites is 2. The first kappa shape index (κ1) is 24.2. The molecule has 2 aromatic carbocycles. The molecule has 1 fully saturated rings. The molecule has 7 nitrogen and oxygen atoms in total. The van der Waals surface area contributed by atoms with Crippen molar-refractivity contribution in [3.8, 4) is 17.2 Å². The van der Waals surface area contributed by atoms with Crippen LogP contribution in [-0.4, -0.2) is 49.4 Å². The van der Waals surface area contributed by atoms with Crippen LogP contribution in [-0.2, 0) is 9.53 Å². The van der Waals surface area contributed by atoms with Crippen LogP contribution in [0.3, 0.4) is 0 Å². The Morgan fingerprint density at radius 3 is 2.30 bits per heavy atom. The van der Waals surface area contributed by atoms with Crippen LogP contribution in [0.2, 0.25) is 0 Å². The Kier molecular flexibility index (Phi) is 8.02. The number of benzene rings is 2. The monoisotopic (exact) mass is 466 g/mol. The van der Waals surface area contributed by atoms with Gasteiger partial charge in [0, 0.05) is 19.0 Å². The molecule has 1 aliphatic heterocycles. The maximum atomic E-state index is 12.8. The van der Waals surface area contributed by atoms with Crippen LogP contribution < -0.4 is 14.8 Å². The number of piperidine rings is 1. The van der Waals surface area contributed by atoms with Crippen molar-refractivity contribution in [1.82, 2.24) is 4.90 Å². The Morgan fingerprint density at radius 2 is 1.67 bits per heavy atom. The average molecular weight is 466 g/mol. The summed E-state index contributed by atoms with van der Waals surface area (Å²) < 4.78 is 52.2. The fourth-order valence-corrected chi connectivity index (χ4v) is 3.35. The quantitative estimate of drug-likeness (QED) is 0.605. The SMILES string of the molecule is CCOc1ccc(Oc2ccccc2NC(=O)C2CCN(C(=O)OCC(F)(F)F)CC2)cc1. The van der Waals surface area contributed by atoms with E-state index in [1.165, 1.54) is 4.90 Å². The molecule has 2 aromatic rings. The topological polar surface area (TPSA) is 77.1 Å². The van der Waals surface area contributed by atoms with Crippen molar-refractivity contribution < 1.29 is 37.0 Å². The molecule has 0 saturated carbocycles. The average Bonchev–Trinajstić information content (AvgIpc) is 2.80. The van der Waals surface area contributed by atoms with Crippen molar-refractivity contribution in [2.75, 3.05) is 31.6 Å². The number of carbonyl (C=O) groups excluding carboxylic acids is 2. The van der Waals surface area contributed by atoms with E-state index in [1.54, 1.807) is 48.5 Å². The van der Waals surface area contributed by atoms with Crippen LogP contribution in [0.1, 0.15) is 19.8 Å². The number of hydrogen-bond donors (Lipinski definition) is 1. The molecule has 0 aliphatic carbocycles. The fourth-order valence-electron chi connectivity index (χ4n) is 3.35. The van der Waals surface area contributed by atoms with Crippen molar-refractivity contribution in [2.45, 2.75) is 25.9 Å². The van der Waals surface area contributed by atoms with E-state index in [0.717, 1.165) is 5.75 Å². The second kappa shape index (κ2) is 10.9. The van der Waals surface area contributed by atoms with E-state index in [4.69, 9.17) is 9.47 Å². The number of alkyl halides is 3. The van der Waals surface area contributed by atoms with Crippen molar-refractivity contribution in [1.29, 1.82) is 0 Å². The summed E-state index contributed by atoms with van der Waals surface area (Å²) in [5.74, 6) is 1.12. The predicted octanol–water partition coefficient (Wildman–Crippen LogP) is 5.23. The first-order valence-electron chi connectivity index (χ1n) is 10.5. The maximum Gasteiger partial charge on any atom is 0.422 e. The second-order valence-corrected chi connectivity index (χ2v) is 7.42. The molecule has 10 heteroatoms. The van der Waals surface area contributed by atoms with Crippen LogP contribution in [0.5, 0.6) is 17.2 Å². The number of likely N-dealkylation sites (tertiary alicyclic amines) is 1. The van der Waals surface area contributed by atoms with Gasteiger partial charge in [-0.05, 0) is 56.2 Å². The van der Waals surface area contributed by atoms with Gasteiger partial charge in [-0.25, -0.2) is 4.79 Å². The summed E-state index contributed by atoms with van der Waals surface area (Å²) in [6.07, 6.45) is -4.97. The van der Waals surface area contributed by atoms with Crippen molar-refractivity contribution in [2.24, 2.45) is 5.92 Å². The van der Waals surface area contributed by atoms with Crippen molar-refractivity contribution in [3.05, 3.63) is 48.5 Å². The molecule has 0 bridgehead atoms. The highest BCUT2D eigenvalue weighted by Gasteiger charge is 2.33. The van der Waals surface area contributed by atoms with Crippen molar-refractivity contribution in [3.63, 3.8) is 0 Å². The third kappa shape index (κ3) is 7.30. The molecule has 1 saturated heterocycles. The molecule has 0 radical (unpaired) electrons. The van der Waals surface area contributed by atoms with Gasteiger partial charge in [0.25, 0.3) is 0 Å². The van der Waals surface area contributed by atoms with E-state index >= 15 is 0 Å². The number of nitrogens with zero attached hydrogens (tertiary/aromatic N) is 1. The normalized spacial score (nSPS) is 14.5. The largest absolute Gasteiger partial charge is 0.494 e. The lowest BCUT2D eigenvalue weighted by molar-refractivity contribution is -0.162. The Labute approximate surface area is 189 Å². The van der Waals surface area contributed by atoms with Gasteiger partial charge < -0.3 is 24.4 Å². The lowest BCUT2D eigenvalue weighted by Crippen LogP contribution is -2.42. The van der Waals surface area contributed by atoms with Gasteiger partial charge in [0.2, 0.25) is 5.91 Å². The Bertz CT molecular complexity index is 942. The van der Waals surface area contributed by atoms with Crippen LogP contribution >= 0.6 is 0 Å². The van der Waals surface area contributed by atoms with Crippen molar-refractivity contribution >= 4 is 17.7 Å². The summed E-state index contributed by atoms with van der Waals surface area (Å²) in [5, 5.41) is 2.85. The molecule has 0 unspecified atom stereocenters. The van der Waals surface area contributed by atoms with Gasteiger partial charge in [0.15, 0.2) is 12.4 Å². The summed E-state index contributed by atoms with van der Waals surface area (Å²) in [4.78, 5) is 25.7. The van der Waals surface area contributed by atoms with E-state index in [-0.39, 0.29) is 19.0 Å². The molecule has 0 atom stereocenters. The lowest BCUT2D eigenvalue weighted by Gasteiger charge is -2.30. The van der Waals surface area contributed by atoms with E-state index in [2.05, 4.69) is 10.1 Å². The third-order valence-corrected chi connectivity index (χ3v) is 4.99. The zero-order chi connectivity index (χ0) is 23.8. The van der Waals surface area contributed by atoms with Gasteiger partial charge >= 0.3 is 12.3 Å². The van der Waals surface area contributed by atoms with E-state index in [9.17, 15) is 22.8 Å². The van der Waals surface area contributed by atoms with Gasteiger partial charge in [0.1, 0.15) is 11.5 Å². The fraction of sp³-hybridized carbons (Fsp3) is 0.391. The minimum Gasteiger partial charge on any atom is -0.494 e. The molecule has 3 rings (SSSR count). The van der Waals surface area contributed by atoms with Crippen LogP contribution in [0.4, 0.5) is 23.7 Å². The van der Waals surface area contributed by atoms with Crippen LogP contribution in [0, 0.1) is 5.92 Å². The molecule has 33 heavy (non-hydrogen) atoms. The summed E-state index contributed by atoms with van der Waals surface area (Å²) >= 11 is 0. The first-order chi connectivity index (χ1) is 15.7. The molecule has 1 aliphatic rings. The Morgan fingerprint density at radius 1 is 1.03 bits per heavy atom. The minimum absolute atomic E-state index is 0.138. The standard InChI is InChI=1S/C23H25F3N2O5/c1-2-31-17-7-9-18(10-8-17)33-20-6-4-3-5-19(20)27-21(29)16-11-13-28(14-12-16)22(30)32-15-23(24,25)26/h3-10,16H,2,11-15H2,1H3,(H,27,29). The summed E-state index contributed by atoms with van der Waals surface area (Å²) in [7, 11) is 0. The van der Waals surface area contributed by atoms with Crippen LogP contribution in [0.25, 0.3) is 0 Å². The predicted molar refractivity (Wildman–Crippen MR) is 114 cm³/mol. The molecule has 0 spiro atoms. The zero-order valence-electron chi connectivity index (χ0n) is 18.1. The number of rotatable bonds is 7. The van der Waals surface area contributed by atoms with Crippen LogP contribution in [0.15, 0.2) is 48.5 Å². The number of carbonyl (C=O) groups is 2. The minimum atomic E-state index is -4.57. The summed E-state index contributed by atoms with van der Waals surface area (Å²) in [5.41, 5.74) is 0.489. The molecular formula is C23H25F3N2O5. The van der Waals surface area contributed by atoms with Gasteiger partial charge in [-0.2, -0.15) is 13.2 Å². The van der Waals surface area contributed by atoms with E-state index in [1.807, 2.05) is 6.92 Å². The number of amides is 2. The second-order valence-electron chi connectivity index (χ2n) is 7.42. The number of anilines is 1. The third-order valence-electron chi connectivity index (χ3n) is 4.99. The molecule has 2 amide bonds. The zero-order valence-corrected chi connectivity index (χ0v) is 18.1. The number of halogens is 3. The van der Waals surface area contributed by atoms with Gasteiger partial charge in [-0.1, -0.05) is 12.1 Å². The number of ether oxygens (including phenoxy) is 3. The smallest absolute Gasteiger partial charge is 0.422 e. The molecule has 0 aromatic heterocycles. The lowest BCUT2D eigenvalue weighted by atomic mass is 9.96. The molecule has 178 valence electrons. The maximum absolute atomic E-state index is 12.8. The highest BCUT2D eigenvalue weighted by molar-refractivity contribution is 5.94. The summed E-state index contributed by atoms with van der Waals surface area (Å²) in [6.45, 7) is 1.10.